The third-order valence-electron chi connectivity index (χ3n) is 5.16. The molecule has 1 aliphatic heterocycles. The van der Waals surface area contributed by atoms with E-state index in [-0.39, 0.29) is 0 Å². The lowest BCUT2D eigenvalue weighted by Crippen LogP contribution is -2.36. The Hall–Kier alpha value is -2.34. The van der Waals surface area contributed by atoms with Crippen molar-refractivity contribution in [1.82, 2.24) is 20.7 Å². The maximum atomic E-state index is 5.36. The molecule has 28 heavy (non-hydrogen) atoms. The summed E-state index contributed by atoms with van der Waals surface area (Å²) in [5.74, 6) is 1.93. The van der Waals surface area contributed by atoms with Gasteiger partial charge in [0, 0.05) is 26.2 Å². The van der Waals surface area contributed by atoms with Crippen LogP contribution in [0.4, 0.5) is 0 Å². The van der Waals surface area contributed by atoms with Crippen LogP contribution in [-0.2, 0) is 19.6 Å². The molecule has 1 aliphatic rings. The number of aliphatic imine (C=N–C) groups is 1. The zero-order valence-corrected chi connectivity index (χ0v) is 17.4. The molecule has 2 N–H and O–H groups in total. The Balaban J connectivity index is 1.43. The smallest absolute Gasteiger partial charge is 0.191 e. The Morgan fingerprint density at radius 1 is 1.07 bits per heavy atom. The Labute approximate surface area is 168 Å². The van der Waals surface area contributed by atoms with E-state index in [2.05, 4.69) is 63.8 Å². The lowest BCUT2D eigenvalue weighted by Gasteiger charge is -2.26. The van der Waals surface area contributed by atoms with Crippen LogP contribution in [0.15, 0.2) is 39.8 Å². The summed E-state index contributed by atoms with van der Waals surface area (Å²) < 4.78 is 5.36. The van der Waals surface area contributed by atoms with Gasteiger partial charge in [0.05, 0.1) is 12.2 Å². The number of hydrogen-bond donors (Lipinski definition) is 2. The van der Waals surface area contributed by atoms with E-state index in [0.717, 1.165) is 30.5 Å². The highest BCUT2D eigenvalue weighted by Gasteiger charge is 2.10. The van der Waals surface area contributed by atoms with Crippen LogP contribution in [0.3, 0.4) is 0 Å². The van der Waals surface area contributed by atoms with Crippen LogP contribution < -0.4 is 10.6 Å². The first-order valence-corrected chi connectivity index (χ1v) is 10.3. The largest absolute Gasteiger partial charge is 0.359 e. The number of nitrogens with one attached hydrogen (secondary N) is 2. The molecule has 0 spiro atoms. The SMILES string of the molecule is CN=C(NCc1ccc(CN2CCCCC2)cc1)NCc1cc(C(C)C)no1. The predicted molar refractivity (Wildman–Crippen MR) is 113 cm³/mol. The first-order chi connectivity index (χ1) is 13.6. The summed E-state index contributed by atoms with van der Waals surface area (Å²) in [4.78, 5) is 6.83. The standard InChI is InChI=1S/C22H33N5O/c1-17(2)21-13-20(28-26-21)15-25-22(23-3)24-14-18-7-9-19(10-8-18)16-27-11-5-4-6-12-27/h7-10,13,17H,4-6,11-12,14-16H2,1-3H3,(H2,23,24,25). The van der Waals surface area contributed by atoms with Crippen LogP contribution in [0.5, 0.6) is 0 Å². The van der Waals surface area contributed by atoms with Gasteiger partial charge in [0.1, 0.15) is 0 Å². The third kappa shape index (κ3) is 6.09. The highest BCUT2D eigenvalue weighted by molar-refractivity contribution is 5.79. The van der Waals surface area contributed by atoms with Crippen molar-refractivity contribution in [1.29, 1.82) is 0 Å². The lowest BCUT2D eigenvalue weighted by atomic mass is 10.1. The lowest BCUT2D eigenvalue weighted by molar-refractivity contribution is 0.221. The van der Waals surface area contributed by atoms with Gasteiger partial charge in [-0.2, -0.15) is 0 Å². The molecule has 6 nitrogen and oxygen atoms in total. The molecule has 2 heterocycles. The minimum atomic E-state index is 0.368. The van der Waals surface area contributed by atoms with Gasteiger partial charge in [-0.25, -0.2) is 0 Å². The van der Waals surface area contributed by atoms with E-state index in [1.54, 1.807) is 7.05 Å². The minimum Gasteiger partial charge on any atom is -0.359 e. The molecule has 2 aromatic rings. The number of hydrogen-bond acceptors (Lipinski definition) is 4. The maximum absolute atomic E-state index is 5.36. The number of aromatic nitrogens is 1. The van der Waals surface area contributed by atoms with Crippen molar-refractivity contribution in [2.45, 2.75) is 58.7 Å². The summed E-state index contributed by atoms with van der Waals surface area (Å²) in [6.07, 6.45) is 4.05. The zero-order chi connectivity index (χ0) is 19.8. The van der Waals surface area contributed by atoms with Gasteiger partial charge in [0.15, 0.2) is 11.7 Å². The van der Waals surface area contributed by atoms with Gasteiger partial charge in [-0.3, -0.25) is 9.89 Å². The van der Waals surface area contributed by atoms with Gasteiger partial charge in [-0.1, -0.05) is 49.7 Å². The monoisotopic (exact) mass is 383 g/mol. The third-order valence-corrected chi connectivity index (χ3v) is 5.16. The average molecular weight is 384 g/mol. The molecule has 1 aromatic heterocycles. The van der Waals surface area contributed by atoms with Gasteiger partial charge < -0.3 is 15.2 Å². The summed E-state index contributed by atoms with van der Waals surface area (Å²) in [6.45, 7) is 9.03. The Kier molecular flexibility index (Phi) is 7.48. The molecule has 1 aromatic carbocycles. The molecule has 0 amide bonds. The summed E-state index contributed by atoms with van der Waals surface area (Å²) >= 11 is 0. The molecule has 152 valence electrons. The number of rotatable bonds is 7. The zero-order valence-electron chi connectivity index (χ0n) is 17.4. The first kappa shape index (κ1) is 20.4. The van der Waals surface area contributed by atoms with E-state index < -0.39 is 0 Å². The number of piperidine rings is 1. The molecular formula is C22H33N5O. The number of benzene rings is 1. The van der Waals surface area contributed by atoms with Crippen molar-refractivity contribution >= 4 is 5.96 Å². The Bertz CT molecular complexity index is 745. The minimum absolute atomic E-state index is 0.368. The van der Waals surface area contributed by atoms with Gasteiger partial charge in [-0.15, -0.1) is 0 Å². The number of likely N-dealkylation sites (tertiary alicyclic amines) is 1. The average Bonchev–Trinajstić information content (AvgIpc) is 3.19. The van der Waals surface area contributed by atoms with Crippen LogP contribution >= 0.6 is 0 Å². The van der Waals surface area contributed by atoms with E-state index in [4.69, 9.17) is 4.52 Å². The molecule has 0 unspecified atom stereocenters. The van der Waals surface area contributed by atoms with Gasteiger partial charge >= 0.3 is 0 Å². The van der Waals surface area contributed by atoms with Crippen LogP contribution in [0, 0.1) is 0 Å². The van der Waals surface area contributed by atoms with Gasteiger partial charge in [0.25, 0.3) is 0 Å². The van der Waals surface area contributed by atoms with Gasteiger partial charge in [0.2, 0.25) is 0 Å². The fourth-order valence-electron chi connectivity index (χ4n) is 3.40. The second kappa shape index (κ2) is 10.3. The summed E-state index contributed by atoms with van der Waals surface area (Å²) in [6, 6.07) is 10.9. The number of guanidine groups is 1. The van der Waals surface area contributed by atoms with Crippen molar-refractivity contribution in [3.05, 3.63) is 52.9 Å². The summed E-state index contributed by atoms with van der Waals surface area (Å²) in [7, 11) is 1.77. The molecule has 0 aliphatic carbocycles. The Morgan fingerprint density at radius 3 is 2.39 bits per heavy atom. The summed E-state index contributed by atoms with van der Waals surface area (Å²) in [5, 5.41) is 10.7. The van der Waals surface area contributed by atoms with Gasteiger partial charge in [-0.05, 0) is 43.0 Å². The molecule has 0 bridgehead atoms. The van der Waals surface area contributed by atoms with Crippen molar-refractivity contribution in [2.24, 2.45) is 4.99 Å². The second-order valence-corrected chi connectivity index (χ2v) is 7.81. The molecule has 0 atom stereocenters. The first-order valence-electron chi connectivity index (χ1n) is 10.3. The molecule has 0 saturated carbocycles. The molecule has 3 rings (SSSR count). The molecule has 0 radical (unpaired) electrons. The van der Waals surface area contributed by atoms with E-state index in [1.165, 1.54) is 43.5 Å². The predicted octanol–water partition coefficient (Wildman–Crippen LogP) is 3.65. The van der Waals surface area contributed by atoms with Crippen LogP contribution in [0.1, 0.15) is 61.6 Å². The maximum Gasteiger partial charge on any atom is 0.191 e. The fourth-order valence-corrected chi connectivity index (χ4v) is 3.40. The van der Waals surface area contributed by atoms with Crippen LogP contribution in [-0.4, -0.2) is 36.2 Å². The molecule has 1 fully saturated rings. The van der Waals surface area contributed by atoms with E-state index in [9.17, 15) is 0 Å². The molecule has 6 heteroatoms. The second-order valence-electron chi connectivity index (χ2n) is 7.81. The van der Waals surface area contributed by atoms with Crippen molar-refractivity contribution in [3.8, 4) is 0 Å². The fraction of sp³-hybridized carbons (Fsp3) is 0.545. The summed E-state index contributed by atoms with van der Waals surface area (Å²) in [5.41, 5.74) is 3.61. The quantitative estimate of drug-likeness (QED) is 0.564. The van der Waals surface area contributed by atoms with Crippen molar-refractivity contribution in [3.63, 3.8) is 0 Å². The van der Waals surface area contributed by atoms with Crippen LogP contribution in [0.2, 0.25) is 0 Å². The molecular weight excluding hydrogens is 350 g/mol. The van der Waals surface area contributed by atoms with Crippen LogP contribution in [0.25, 0.3) is 0 Å². The topological polar surface area (TPSA) is 65.7 Å². The normalized spacial score (nSPS) is 15.8. The highest BCUT2D eigenvalue weighted by Crippen LogP contribution is 2.14. The van der Waals surface area contributed by atoms with Crippen molar-refractivity contribution in [2.75, 3.05) is 20.1 Å². The van der Waals surface area contributed by atoms with E-state index >= 15 is 0 Å². The van der Waals surface area contributed by atoms with E-state index in [0.29, 0.717) is 12.5 Å². The molecule has 1 saturated heterocycles. The highest BCUT2D eigenvalue weighted by atomic mass is 16.5. The Morgan fingerprint density at radius 2 is 1.75 bits per heavy atom. The van der Waals surface area contributed by atoms with Crippen molar-refractivity contribution < 1.29 is 4.52 Å². The number of nitrogens with zero attached hydrogens (tertiary/aromatic N) is 3. The van der Waals surface area contributed by atoms with E-state index in [1.807, 2.05) is 6.07 Å².